The van der Waals surface area contributed by atoms with E-state index in [0.717, 1.165) is 11.9 Å². The zero-order chi connectivity index (χ0) is 18.7. The standard InChI is InChI=1S/C18H29NO5/c1-8-23-16(21)15-13(9-10-20)14(11(2)3)12(4)19(15)17(22)24-18(5,6)7/h10,12-15H,2,8-9H2,1,3-7H3/t12-,13+,14+,15+/m1/s1. The molecule has 1 heterocycles. The van der Waals surface area contributed by atoms with Crippen molar-refractivity contribution < 1.29 is 23.9 Å². The van der Waals surface area contributed by atoms with Gasteiger partial charge in [0.1, 0.15) is 17.9 Å². The van der Waals surface area contributed by atoms with Crippen molar-refractivity contribution in [2.45, 2.75) is 65.6 Å². The van der Waals surface area contributed by atoms with Gasteiger partial charge in [0.05, 0.1) is 6.61 Å². The first kappa shape index (κ1) is 20.2. The van der Waals surface area contributed by atoms with Crippen molar-refractivity contribution in [2.24, 2.45) is 11.8 Å². The fourth-order valence-corrected chi connectivity index (χ4v) is 3.46. The van der Waals surface area contributed by atoms with Gasteiger partial charge in [-0.25, -0.2) is 9.59 Å². The molecule has 1 saturated heterocycles. The number of aldehydes is 1. The minimum absolute atomic E-state index is 0.157. The number of hydrogen-bond acceptors (Lipinski definition) is 5. The molecule has 24 heavy (non-hydrogen) atoms. The molecule has 6 nitrogen and oxygen atoms in total. The normalized spacial score (nSPS) is 26.8. The summed E-state index contributed by atoms with van der Waals surface area (Å²) in [4.78, 5) is 37.8. The lowest BCUT2D eigenvalue weighted by atomic mass is 9.81. The third-order valence-corrected chi connectivity index (χ3v) is 4.19. The quantitative estimate of drug-likeness (QED) is 0.437. The van der Waals surface area contributed by atoms with Crippen molar-refractivity contribution >= 4 is 18.3 Å². The molecule has 1 amide bonds. The Balaban J connectivity index is 3.28. The van der Waals surface area contributed by atoms with Crippen LogP contribution in [0.2, 0.25) is 0 Å². The van der Waals surface area contributed by atoms with Gasteiger partial charge in [-0.05, 0) is 41.5 Å². The van der Waals surface area contributed by atoms with Gasteiger partial charge in [0.2, 0.25) is 0 Å². The Kier molecular flexibility index (Phi) is 6.58. The highest BCUT2D eigenvalue weighted by Gasteiger charge is 2.53. The highest BCUT2D eigenvalue weighted by molar-refractivity contribution is 5.83. The van der Waals surface area contributed by atoms with Crippen molar-refractivity contribution in [2.75, 3.05) is 6.61 Å². The van der Waals surface area contributed by atoms with E-state index in [0.29, 0.717) is 0 Å². The number of esters is 1. The van der Waals surface area contributed by atoms with Crippen LogP contribution < -0.4 is 0 Å². The summed E-state index contributed by atoms with van der Waals surface area (Å²) in [5.41, 5.74) is 0.145. The molecule has 1 aliphatic rings. The highest BCUT2D eigenvalue weighted by Crippen LogP contribution is 2.42. The van der Waals surface area contributed by atoms with Crippen LogP contribution in [0.1, 0.15) is 48.0 Å². The van der Waals surface area contributed by atoms with E-state index in [-0.39, 0.29) is 30.9 Å². The van der Waals surface area contributed by atoms with Crippen molar-refractivity contribution in [3.05, 3.63) is 12.2 Å². The smallest absolute Gasteiger partial charge is 0.411 e. The number of rotatable bonds is 5. The number of carbonyl (C=O) groups is 3. The van der Waals surface area contributed by atoms with Crippen molar-refractivity contribution in [3.8, 4) is 0 Å². The van der Waals surface area contributed by atoms with Gasteiger partial charge in [0, 0.05) is 24.3 Å². The molecular weight excluding hydrogens is 310 g/mol. The molecule has 4 atom stereocenters. The summed E-state index contributed by atoms with van der Waals surface area (Å²) in [6.07, 6.45) is 0.357. The Hall–Kier alpha value is -1.85. The van der Waals surface area contributed by atoms with E-state index in [1.165, 1.54) is 4.90 Å². The van der Waals surface area contributed by atoms with Gasteiger partial charge in [-0.1, -0.05) is 12.2 Å². The average Bonchev–Trinajstić information content (AvgIpc) is 2.70. The Bertz CT molecular complexity index is 508. The van der Waals surface area contributed by atoms with Gasteiger partial charge in [0.25, 0.3) is 0 Å². The molecule has 0 saturated carbocycles. The molecular formula is C18H29NO5. The van der Waals surface area contributed by atoms with Gasteiger partial charge in [-0.2, -0.15) is 0 Å². The average molecular weight is 339 g/mol. The van der Waals surface area contributed by atoms with Crippen LogP contribution in [0, 0.1) is 11.8 Å². The maximum atomic E-state index is 12.7. The summed E-state index contributed by atoms with van der Waals surface area (Å²) in [6, 6.07) is -1.15. The van der Waals surface area contributed by atoms with E-state index in [1.54, 1.807) is 27.7 Å². The molecule has 1 rings (SSSR count). The number of ether oxygens (including phenoxy) is 2. The zero-order valence-corrected chi connectivity index (χ0v) is 15.5. The van der Waals surface area contributed by atoms with Crippen LogP contribution in [-0.2, 0) is 19.1 Å². The van der Waals surface area contributed by atoms with Crippen LogP contribution in [0.15, 0.2) is 12.2 Å². The summed E-state index contributed by atoms with van der Waals surface area (Å²) in [6.45, 7) is 14.9. The van der Waals surface area contributed by atoms with Crippen LogP contribution in [0.4, 0.5) is 4.79 Å². The fraction of sp³-hybridized carbons (Fsp3) is 0.722. The lowest BCUT2D eigenvalue weighted by Gasteiger charge is -2.31. The SMILES string of the molecule is C=C(C)[C@@H]1[C@H](CC=O)[C@@H](C(=O)OCC)N(C(=O)OC(C)(C)C)[C@@H]1C. The first-order chi connectivity index (χ1) is 11.0. The molecule has 0 aromatic carbocycles. The van der Waals surface area contributed by atoms with Gasteiger partial charge >= 0.3 is 12.1 Å². The summed E-state index contributed by atoms with van der Waals surface area (Å²) in [5.74, 6) is -1.04. The molecule has 0 aromatic rings. The van der Waals surface area contributed by atoms with Gasteiger partial charge in [0.15, 0.2) is 0 Å². The monoisotopic (exact) mass is 339 g/mol. The maximum Gasteiger partial charge on any atom is 0.411 e. The number of hydrogen-bond donors (Lipinski definition) is 0. The van der Waals surface area contributed by atoms with Crippen LogP contribution in [0.3, 0.4) is 0 Å². The summed E-state index contributed by atoms with van der Waals surface area (Å²) in [7, 11) is 0. The van der Waals surface area contributed by atoms with E-state index in [9.17, 15) is 14.4 Å². The fourth-order valence-electron chi connectivity index (χ4n) is 3.46. The summed E-state index contributed by atoms with van der Waals surface area (Å²) < 4.78 is 10.6. The third-order valence-electron chi connectivity index (χ3n) is 4.19. The van der Waals surface area contributed by atoms with Gasteiger partial charge in [-0.3, -0.25) is 4.90 Å². The topological polar surface area (TPSA) is 72.9 Å². The highest BCUT2D eigenvalue weighted by atomic mass is 16.6. The minimum atomic E-state index is -0.846. The van der Waals surface area contributed by atoms with Crippen LogP contribution in [0.25, 0.3) is 0 Å². The second kappa shape index (κ2) is 7.81. The second-order valence-electron chi connectivity index (χ2n) is 7.26. The lowest BCUT2D eigenvalue weighted by Crippen LogP contribution is -2.48. The molecule has 0 radical (unpaired) electrons. The number of nitrogens with zero attached hydrogens (tertiary/aromatic N) is 1. The van der Waals surface area contributed by atoms with Crippen LogP contribution >= 0.6 is 0 Å². The number of amides is 1. The van der Waals surface area contributed by atoms with Crippen molar-refractivity contribution in [1.82, 2.24) is 4.90 Å². The van der Waals surface area contributed by atoms with E-state index in [1.807, 2.05) is 13.8 Å². The summed E-state index contributed by atoms with van der Waals surface area (Å²) >= 11 is 0. The molecule has 0 N–H and O–H groups in total. The molecule has 136 valence electrons. The Morgan fingerprint density at radius 3 is 2.29 bits per heavy atom. The number of likely N-dealkylation sites (tertiary alicyclic amines) is 1. The third kappa shape index (κ3) is 4.36. The molecule has 1 fully saturated rings. The Morgan fingerprint density at radius 2 is 1.88 bits per heavy atom. The molecule has 0 unspecified atom stereocenters. The predicted molar refractivity (Wildman–Crippen MR) is 90.4 cm³/mol. The molecule has 1 aliphatic heterocycles. The first-order valence-corrected chi connectivity index (χ1v) is 8.32. The van der Waals surface area contributed by atoms with Gasteiger partial charge < -0.3 is 14.3 Å². The lowest BCUT2D eigenvalue weighted by molar-refractivity contribution is -0.150. The molecule has 0 spiro atoms. The molecule has 0 aromatic heterocycles. The number of carbonyl (C=O) groups excluding carboxylic acids is 3. The van der Waals surface area contributed by atoms with E-state index < -0.39 is 23.7 Å². The van der Waals surface area contributed by atoms with Crippen molar-refractivity contribution in [3.63, 3.8) is 0 Å². The predicted octanol–water partition coefficient (Wildman–Crippen LogP) is 2.95. The maximum absolute atomic E-state index is 12.7. The first-order valence-electron chi connectivity index (χ1n) is 8.32. The zero-order valence-electron chi connectivity index (χ0n) is 15.5. The van der Waals surface area contributed by atoms with Gasteiger partial charge in [-0.15, -0.1) is 0 Å². The van der Waals surface area contributed by atoms with E-state index >= 15 is 0 Å². The Morgan fingerprint density at radius 1 is 1.29 bits per heavy atom. The van der Waals surface area contributed by atoms with Crippen molar-refractivity contribution in [1.29, 1.82) is 0 Å². The van der Waals surface area contributed by atoms with Crippen LogP contribution in [0.5, 0.6) is 0 Å². The minimum Gasteiger partial charge on any atom is -0.464 e. The second-order valence-corrected chi connectivity index (χ2v) is 7.26. The summed E-state index contributed by atoms with van der Waals surface area (Å²) in [5, 5.41) is 0. The van der Waals surface area contributed by atoms with E-state index in [2.05, 4.69) is 6.58 Å². The molecule has 6 heteroatoms. The van der Waals surface area contributed by atoms with E-state index in [4.69, 9.17) is 9.47 Å². The van der Waals surface area contributed by atoms with Crippen LogP contribution in [-0.4, -0.2) is 47.5 Å². The Labute approximate surface area is 144 Å². The largest absolute Gasteiger partial charge is 0.464 e. The molecule has 0 bridgehead atoms. The molecule has 0 aliphatic carbocycles.